The van der Waals surface area contributed by atoms with Gasteiger partial charge in [-0.05, 0) is 56.3 Å². The molecule has 1 aromatic rings. The normalized spacial score (nSPS) is 22.0. The highest BCUT2D eigenvalue weighted by Crippen LogP contribution is 2.32. The first-order valence-electron chi connectivity index (χ1n) is 10.6. The Hall–Kier alpha value is -1.59. The zero-order valence-corrected chi connectivity index (χ0v) is 18.2. The molecule has 1 unspecified atom stereocenters. The third-order valence-corrected chi connectivity index (χ3v) is 6.46. The molecule has 0 N–H and O–H groups in total. The van der Waals surface area contributed by atoms with E-state index in [4.69, 9.17) is 9.47 Å². The van der Waals surface area contributed by atoms with Crippen LogP contribution in [-0.2, 0) is 14.9 Å². The summed E-state index contributed by atoms with van der Waals surface area (Å²) in [6, 6.07) is 8.10. The van der Waals surface area contributed by atoms with Crippen LogP contribution < -0.4 is 4.74 Å². The van der Waals surface area contributed by atoms with Gasteiger partial charge in [0.05, 0.1) is 0 Å². The Kier molecular flexibility index (Phi) is 6.35. The van der Waals surface area contributed by atoms with Gasteiger partial charge < -0.3 is 14.4 Å². The summed E-state index contributed by atoms with van der Waals surface area (Å²) in [5.74, 6) is 0.847. The fourth-order valence-electron chi connectivity index (χ4n) is 4.30. The number of likely N-dealkylation sites (N-methyl/N-ethyl adjacent to an activating group) is 1. The van der Waals surface area contributed by atoms with Crippen LogP contribution in [0.1, 0.15) is 52.5 Å². The van der Waals surface area contributed by atoms with Crippen molar-refractivity contribution in [2.75, 3.05) is 39.9 Å². The molecule has 0 aromatic heterocycles. The zero-order chi connectivity index (χ0) is 20.4. The molecule has 0 aliphatic carbocycles. The lowest BCUT2D eigenvalue weighted by Crippen LogP contribution is -2.50. The Morgan fingerprint density at radius 1 is 1.14 bits per heavy atom. The maximum absolute atomic E-state index is 13.1. The van der Waals surface area contributed by atoms with Crippen molar-refractivity contribution < 1.29 is 14.3 Å². The van der Waals surface area contributed by atoms with Crippen LogP contribution in [-0.4, -0.2) is 67.2 Å². The number of hydrogen-bond acceptors (Lipinski definition) is 4. The van der Waals surface area contributed by atoms with E-state index in [0.29, 0.717) is 0 Å². The summed E-state index contributed by atoms with van der Waals surface area (Å²) in [5, 5.41) is 0. The van der Waals surface area contributed by atoms with Crippen LogP contribution in [0.2, 0.25) is 0 Å². The number of hydrogen-bond donors (Lipinski definition) is 0. The largest absolute Gasteiger partial charge is 0.481 e. The number of benzene rings is 1. The Morgan fingerprint density at radius 3 is 2.54 bits per heavy atom. The van der Waals surface area contributed by atoms with E-state index in [1.165, 1.54) is 5.56 Å². The molecule has 0 radical (unpaired) electrons. The Labute approximate surface area is 170 Å². The molecule has 2 heterocycles. The van der Waals surface area contributed by atoms with E-state index < -0.39 is 6.10 Å². The molecule has 1 aromatic carbocycles. The summed E-state index contributed by atoms with van der Waals surface area (Å²) < 4.78 is 11.6. The first-order valence-corrected chi connectivity index (χ1v) is 10.6. The predicted molar refractivity (Wildman–Crippen MR) is 112 cm³/mol. The van der Waals surface area contributed by atoms with Gasteiger partial charge in [0.1, 0.15) is 5.75 Å². The van der Waals surface area contributed by atoms with E-state index in [1.54, 1.807) is 0 Å². The topological polar surface area (TPSA) is 42.0 Å². The molecule has 156 valence electrons. The monoisotopic (exact) mass is 388 g/mol. The molecule has 1 amide bonds. The standard InChI is InChI=1S/C23H36N2O3/c1-18(28-20-8-6-7-19(17-20)22(2,3)4)21(26)25-12-9-23(24(5)13-14-25)10-15-27-16-11-23/h6-8,17-18H,9-16H2,1-5H3. The van der Waals surface area contributed by atoms with Gasteiger partial charge in [-0.15, -0.1) is 0 Å². The number of ether oxygens (including phenoxy) is 2. The molecule has 5 nitrogen and oxygen atoms in total. The quantitative estimate of drug-likeness (QED) is 0.795. The number of carbonyl (C=O) groups is 1. The number of amides is 1. The van der Waals surface area contributed by atoms with Crippen molar-refractivity contribution in [3.8, 4) is 5.75 Å². The molecule has 2 aliphatic rings. The summed E-state index contributed by atoms with van der Waals surface area (Å²) in [6.45, 7) is 12.5. The van der Waals surface area contributed by atoms with Crippen molar-refractivity contribution in [3.05, 3.63) is 29.8 Å². The van der Waals surface area contributed by atoms with Gasteiger partial charge in [-0.25, -0.2) is 0 Å². The molecule has 1 spiro atoms. The molecular weight excluding hydrogens is 352 g/mol. The third-order valence-electron chi connectivity index (χ3n) is 6.46. The fraction of sp³-hybridized carbons (Fsp3) is 0.696. The molecule has 28 heavy (non-hydrogen) atoms. The smallest absolute Gasteiger partial charge is 0.263 e. The Balaban J connectivity index is 1.63. The van der Waals surface area contributed by atoms with Crippen molar-refractivity contribution in [2.45, 2.75) is 64.0 Å². The van der Waals surface area contributed by atoms with Gasteiger partial charge >= 0.3 is 0 Å². The number of carbonyl (C=O) groups excluding carboxylic acids is 1. The zero-order valence-electron chi connectivity index (χ0n) is 18.2. The van der Waals surface area contributed by atoms with Crippen LogP contribution in [0.5, 0.6) is 5.75 Å². The lowest BCUT2D eigenvalue weighted by molar-refractivity contribution is -0.137. The third kappa shape index (κ3) is 4.69. The highest BCUT2D eigenvalue weighted by Gasteiger charge is 2.39. The number of rotatable bonds is 3. The van der Waals surface area contributed by atoms with Gasteiger partial charge in [-0.1, -0.05) is 32.9 Å². The molecule has 5 heteroatoms. The summed E-state index contributed by atoms with van der Waals surface area (Å²) in [5.41, 5.74) is 1.45. The highest BCUT2D eigenvalue weighted by atomic mass is 16.5. The Bertz CT molecular complexity index is 677. The first kappa shape index (κ1) is 21.1. The van der Waals surface area contributed by atoms with Crippen LogP contribution in [0.4, 0.5) is 0 Å². The number of nitrogens with zero attached hydrogens (tertiary/aromatic N) is 2. The van der Waals surface area contributed by atoms with Crippen molar-refractivity contribution >= 4 is 5.91 Å². The first-order chi connectivity index (χ1) is 13.2. The summed E-state index contributed by atoms with van der Waals surface area (Å²) in [7, 11) is 2.19. The lowest BCUT2D eigenvalue weighted by atomic mass is 9.85. The minimum Gasteiger partial charge on any atom is -0.481 e. The second kappa shape index (κ2) is 8.42. The van der Waals surface area contributed by atoms with Crippen molar-refractivity contribution in [2.24, 2.45) is 0 Å². The lowest BCUT2D eigenvalue weighted by Gasteiger charge is -2.43. The van der Waals surface area contributed by atoms with E-state index in [0.717, 1.165) is 57.9 Å². The summed E-state index contributed by atoms with van der Waals surface area (Å²) in [4.78, 5) is 17.5. The molecule has 3 rings (SSSR count). The Morgan fingerprint density at radius 2 is 1.86 bits per heavy atom. The van der Waals surface area contributed by atoms with Gasteiger partial charge in [0.2, 0.25) is 0 Å². The maximum Gasteiger partial charge on any atom is 0.263 e. The maximum atomic E-state index is 13.1. The molecule has 2 aliphatic heterocycles. The van der Waals surface area contributed by atoms with E-state index in [-0.39, 0.29) is 16.9 Å². The predicted octanol–water partition coefficient (Wildman–Crippen LogP) is 3.46. The minimum absolute atomic E-state index is 0.0556. The van der Waals surface area contributed by atoms with Gasteiger partial charge in [-0.2, -0.15) is 0 Å². The van der Waals surface area contributed by atoms with E-state index in [2.05, 4.69) is 44.9 Å². The second-order valence-corrected chi connectivity index (χ2v) is 9.37. The fourth-order valence-corrected chi connectivity index (χ4v) is 4.30. The highest BCUT2D eigenvalue weighted by molar-refractivity contribution is 5.81. The van der Waals surface area contributed by atoms with Gasteiger partial charge in [0.15, 0.2) is 6.10 Å². The SMILES string of the molecule is CC(Oc1cccc(C(C)(C)C)c1)C(=O)N1CCN(C)C2(CCOCC2)CC1. The van der Waals surface area contributed by atoms with Crippen LogP contribution >= 0.6 is 0 Å². The van der Waals surface area contributed by atoms with Gasteiger partial charge in [0, 0.05) is 38.4 Å². The van der Waals surface area contributed by atoms with E-state index in [9.17, 15) is 4.79 Å². The molecule has 0 bridgehead atoms. The molecule has 1 atom stereocenters. The summed E-state index contributed by atoms with van der Waals surface area (Å²) in [6.07, 6.45) is 2.63. The molecule has 0 saturated carbocycles. The average Bonchev–Trinajstić information content (AvgIpc) is 2.81. The average molecular weight is 389 g/mol. The van der Waals surface area contributed by atoms with Crippen molar-refractivity contribution in [1.82, 2.24) is 9.80 Å². The second-order valence-electron chi connectivity index (χ2n) is 9.37. The van der Waals surface area contributed by atoms with E-state index in [1.807, 2.05) is 24.0 Å². The molecule has 2 fully saturated rings. The molecule has 2 saturated heterocycles. The van der Waals surface area contributed by atoms with Crippen LogP contribution in [0, 0.1) is 0 Å². The van der Waals surface area contributed by atoms with Gasteiger partial charge in [-0.3, -0.25) is 9.69 Å². The molecular formula is C23H36N2O3. The van der Waals surface area contributed by atoms with Crippen LogP contribution in [0.15, 0.2) is 24.3 Å². The minimum atomic E-state index is -0.482. The van der Waals surface area contributed by atoms with Crippen LogP contribution in [0.3, 0.4) is 0 Å². The van der Waals surface area contributed by atoms with Crippen molar-refractivity contribution in [1.29, 1.82) is 0 Å². The van der Waals surface area contributed by atoms with Crippen molar-refractivity contribution in [3.63, 3.8) is 0 Å². The summed E-state index contributed by atoms with van der Waals surface area (Å²) >= 11 is 0. The van der Waals surface area contributed by atoms with Gasteiger partial charge in [0.25, 0.3) is 5.91 Å². The van der Waals surface area contributed by atoms with E-state index >= 15 is 0 Å². The van der Waals surface area contributed by atoms with Crippen LogP contribution in [0.25, 0.3) is 0 Å².